The number of hydrogen-bond acceptors (Lipinski definition) is 5. The summed E-state index contributed by atoms with van der Waals surface area (Å²) in [6.07, 6.45) is 1.12. The minimum Gasteiger partial charge on any atom is -0.462 e. The molecular weight excluding hydrogens is 414 g/mol. The van der Waals surface area contributed by atoms with Gasteiger partial charge in [-0.1, -0.05) is 29.8 Å². The fourth-order valence-electron chi connectivity index (χ4n) is 2.68. The monoisotopic (exact) mass is 433 g/mol. The van der Waals surface area contributed by atoms with Gasteiger partial charge in [0.05, 0.1) is 6.61 Å². The van der Waals surface area contributed by atoms with Crippen molar-refractivity contribution in [2.75, 3.05) is 17.7 Å². The van der Waals surface area contributed by atoms with Gasteiger partial charge >= 0.3 is 5.97 Å². The van der Waals surface area contributed by atoms with Crippen molar-refractivity contribution in [2.24, 2.45) is 0 Å². The van der Waals surface area contributed by atoms with Gasteiger partial charge in [-0.05, 0) is 49.4 Å². The van der Waals surface area contributed by atoms with Crippen molar-refractivity contribution in [1.82, 2.24) is 0 Å². The van der Waals surface area contributed by atoms with Crippen molar-refractivity contribution in [2.45, 2.75) is 24.7 Å². The Morgan fingerprint density at radius 1 is 1.14 bits per heavy atom. The Kier molecular flexibility index (Phi) is 7.36. The molecule has 1 heterocycles. The summed E-state index contributed by atoms with van der Waals surface area (Å²) >= 11 is 8.96. The topological polar surface area (TPSA) is 55.4 Å². The smallest absolute Gasteiger partial charge is 0.341 e. The molecule has 0 bridgehead atoms. The van der Waals surface area contributed by atoms with E-state index in [9.17, 15) is 9.59 Å². The maximum absolute atomic E-state index is 12.4. The van der Waals surface area contributed by atoms with Crippen LogP contribution in [0.4, 0.5) is 5.00 Å². The van der Waals surface area contributed by atoms with Crippen molar-refractivity contribution < 1.29 is 14.3 Å². The highest BCUT2D eigenvalue weighted by atomic mass is 35.5. The van der Waals surface area contributed by atoms with Crippen LogP contribution in [0.1, 0.15) is 30.1 Å². The molecule has 0 radical (unpaired) electrons. The molecule has 0 unspecified atom stereocenters. The van der Waals surface area contributed by atoms with Gasteiger partial charge in [-0.2, -0.15) is 0 Å². The van der Waals surface area contributed by atoms with Crippen LogP contribution >= 0.6 is 34.7 Å². The molecule has 0 fully saturated rings. The maximum Gasteiger partial charge on any atom is 0.341 e. The van der Waals surface area contributed by atoms with Gasteiger partial charge in [0.25, 0.3) is 0 Å². The number of esters is 1. The zero-order chi connectivity index (χ0) is 19.9. The van der Waals surface area contributed by atoms with Crippen LogP contribution in [0.3, 0.4) is 0 Å². The molecule has 4 nitrogen and oxygen atoms in total. The lowest BCUT2D eigenvalue weighted by atomic mass is 10.1. The molecule has 1 amide bonds. The van der Waals surface area contributed by atoms with E-state index in [-0.39, 0.29) is 12.5 Å². The first-order valence-electron chi connectivity index (χ1n) is 8.95. The summed E-state index contributed by atoms with van der Waals surface area (Å²) in [5, 5.41) is 4.97. The van der Waals surface area contributed by atoms with E-state index < -0.39 is 5.97 Å². The first-order chi connectivity index (χ1) is 13.6. The van der Waals surface area contributed by atoms with Gasteiger partial charge in [0, 0.05) is 26.4 Å². The van der Waals surface area contributed by atoms with Crippen LogP contribution in [-0.2, 0) is 9.53 Å². The number of thiophene rings is 1. The van der Waals surface area contributed by atoms with Gasteiger partial charge < -0.3 is 10.1 Å². The van der Waals surface area contributed by atoms with Crippen LogP contribution in [-0.4, -0.2) is 24.2 Å². The van der Waals surface area contributed by atoms with E-state index in [1.165, 1.54) is 11.3 Å². The quantitative estimate of drug-likeness (QED) is 0.259. The highest BCUT2D eigenvalue weighted by molar-refractivity contribution is 7.99. The van der Waals surface area contributed by atoms with Crippen LogP contribution in [0.5, 0.6) is 0 Å². The van der Waals surface area contributed by atoms with Gasteiger partial charge in [-0.25, -0.2) is 4.79 Å². The number of amides is 1. The number of ether oxygens (including phenoxy) is 1. The molecule has 0 aliphatic heterocycles. The van der Waals surface area contributed by atoms with Crippen LogP contribution in [0.2, 0.25) is 5.02 Å². The number of rotatable bonds is 8. The molecule has 146 valence electrons. The lowest BCUT2D eigenvalue weighted by Gasteiger charge is -2.07. The molecule has 0 aliphatic rings. The first-order valence-corrected chi connectivity index (χ1v) is 11.1. The molecular formula is C21H20ClNO3S2. The molecule has 0 aliphatic carbocycles. The van der Waals surface area contributed by atoms with Crippen molar-refractivity contribution in [3.05, 3.63) is 59.1 Å². The third-order valence-corrected chi connectivity index (χ3v) is 6.40. The summed E-state index contributed by atoms with van der Waals surface area (Å²) in [5.41, 5.74) is 0.436. The number of halogens is 1. The highest BCUT2D eigenvalue weighted by Crippen LogP contribution is 2.36. The standard InChI is InChI=1S/C21H20ClNO3S2/c1-2-26-21(25)19-16-6-3-4-7-17(16)28-20(19)23-18(24)8-5-13-27-15-11-9-14(22)10-12-15/h3-4,6-7,9-12H,2,5,8,13H2,1H3,(H,23,24). The summed E-state index contributed by atoms with van der Waals surface area (Å²) in [7, 11) is 0. The van der Waals surface area contributed by atoms with Crippen molar-refractivity contribution in [3.63, 3.8) is 0 Å². The normalized spacial score (nSPS) is 10.8. The van der Waals surface area contributed by atoms with E-state index in [2.05, 4.69) is 5.32 Å². The fraction of sp³-hybridized carbons (Fsp3) is 0.238. The van der Waals surface area contributed by atoms with E-state index in [0.717, 1.165) is 27.2 Å². The second kappa shape index (κ2) is 9.96. The van der Waals surface area contributed by atoms with Crippen LogP contribution in [0, 0.1) is 0 Å². The number of nitrogens with one attached hydrogen (secondary N) is 1. The molecule has 1 aromatic heterocycles. The van der Waals surface area contributed by atoms with Crippen molar-refractivity contribution >= 4 is 61.7 Å². The predicted octanol–water partition coefficient (Wildman–Crippen LogP) is 6.24. The van der Waals surface area contributed by atoms with E-state index in [1.807, 2.05) is 48.5 Å². The van der Waals surface area contributed by atoms with Crippen LogP contribution in [0.15, 0.2) is 53.4 Å². The lowest BCUT2D eigenvalue weighted by molar-refractivity contribution is -0.116. The zero-order valence-electron chi connectivity index (χ0n) is 15.4. The Hall–Kier alpha value is -2.02. The van der Waals surface area contributed by atoms with E-state index >= 15 is 0 Å². The fourth-order valence-corrected chi connectivity index (χ4v) is 4.77. The van der Waals surface area contributed by atoms with Gasteiger partial charge in [0.2, 0.25) is 5.91 Å². The number of thioether (sulfide) groups is 1. The molecule has 2 aromatic carbocycles. The van der Waals surface area contributed by atoms with Gasteiger partial charge in [0.1, 0.15) is 10.6 Å². The van der Waals surface area contributed by atoms with E-state index in [0.29, 0.717) is 22.0 Å². The molecule has 28 heavy (non-hydrogen) atoms. The van der Waals surface area contributed by atoms with Gasteiger partial charge in [0.15, 0.2) is 0 Å². The van der Waals surface area contributed by atoms with E-state index in [1.54, 1.807) is 18.7 Å². The highest BCUT2D eigenvalue weighted by Gasteiger charge is 2.21. The average molecular weight is 434 g/mol. The summed E-state index contributed by atoms with van der Waals surface area (Å²) < 4.78 is 6.12. The van der Waals surface area contributed by atoms with Crippen LogP contribution in [0.25, 0.3) is 10.1 Å². The number of carbonyl (C=O) groups excluding carboxylic acids is 2. The molecule has 0 spiro atoms. The summed E-state index contributed by atoms with van der Waals surface area (Å²) in [5.74, 6) is 0.314. The van der Waals surface area contributed by atoms with Crippen molar-refractivity contribution in [1.29, 1.82) is 0 Å². The Balaban J connectivity index is 1.60. The first kappa shape index (κ1) is 20.7. The maximum atomic E-state index is 12.4. The molecule has 3 aromatic rings. The second-order valence-corrected chi connectivity index (χ2v) is 8.63. The molecule has 0 atom stereocenters. The number of carbonyl (C=O) groups is 2. The Labute approximate surface area is 177 Å². The molecule has 3 rings (SSSR count). The van der Waals surface area contributed by atoms with Crippen LogP contribution < -0.4 is 5.32 Å². The predicted molar refractivity (Wildman–Crippen MR) is 118 cm³/mol. The van der Waals surface area contributed by atoms with Gasteiger partial charge in [-0.15, -0.1) is 23.1 Å². The number of benzene rings is 2. The summed E-state index contributed by atoms with van der Waals surface area (Å²) in [6, 6.07) is 15.2. The number of fused-ring (bicyclic) bond motifs is 1. The molecule has 0 saturated heterocycles. The Morgan fingerprint density at radius 2 is 1.89 bits per heavy atom. The zero-order valence-corrected chi connectivity index (χ0v) is 17.8. The Bertz CT molecular complexity index is 969. The molecule has 7 heteroatoms. The third-order valence-electron chi connectivity index (χ3n) is 3.96. The number of hydrogen-bond donors (Lipinski definition) is 1. The van der Waals surface area contributed by atoms with Crippen molar-refractivity contribution in [3.8, 4) is 0 Å². The SMILES string of the molecule is CCOC(=O)c1c(NC(=O)CCCSc2ccc(Cl)cc2)sc2ccccc12. The molecule has 1 N–H and O–H groups in total. The summed E-state index contributed by atoms with van der Waals surface area (Å²) in [4.78, 5) is 25.9. The minimum absolute atomic E-state index is 0.103. The van der Waals surface area contributed by atoms with Gasteiger partial charge in [-0.3, -0.25) is 4.79 Å². The average Bonchev–Trinajstić information content (AvgIpc) is 3.04. The number of anilines is 1. The summed E-state index contributed by atoms with van der Waals surface area (Å²) in [6.45, 7) is 2.06. The van der Waals surface area contributed by atoms with E-state index in [4.69, 9.17) is 16.3 Å². The second-order valence-electron chi connectivity index (χ2n) is 5.98. The Morgan fingerprint density at radius 3 is 2.64 bits per heavy atom. The largest absolute Gasteiger partial charge is 0.462 e. The third kappa shape index (κ3) is 5.28. The molecule has 0 saturated carbocycles. The minimum atomic E-state index is -0.409. The lowest BCUT2D eigenvalue weighted by Crippen LogP contribution is -2.14.